The minimum atomic E-state index is -0.940. The average Bonchev–Trinajstić information content (AvgIpc) is 3.35. The van der Waals surface area contributed by atoms with Gasteiger partial charge in [0.25, 0.3) is 0 Å². The number of benzene rings is 2. The molecule has 0 unspecified atom stereocenters. The minimum absolute atomic E-state index is 0.0944. The van der Waals surface area contributed by atoms with Gasteiger partial charge in [0, 0.05) is 63.4 Å². The Morgan fingerprint density at radius 1 is 0.977 bits per heavy atom. The molecule has 1 atom stereocenters. The van der Waals surface area contributed by atoms with Crippen molar-refractivity contribution in [2.24, 2.45) is 5.92 Å². The number of pyridine rings is 1. The maximum atomic E-state index is 13.9. The maximum absolute atomic E-state index is 13.9. The van der Waals surface area contributed by atoms with Crippen molar-refractivity contribution in [2.75, 3.05) is 44.7 Å². The van der Waals surface area contributed by atoms with Crippen LogP contribution in [-0.2, 0) is 11.3 Å². The van der Waals surface area contributed by atoms with Gasteiger partial charge in [-0.05, 0) is 80.0 Å². The number of nitrogens with zero attached hydrogens (tertiary/aromatic N) is 4. The van der Waals surface area contributed by atoms with E-state index in [9.17, 15) is 9.59 Å². The molecule has 43 heavy (non-hydrogen) atoms. The van der Waals surface area contributed by atoms with Gasteiger partial charge in [0.15, 0.2) is 0 Å². The number of piperidine rings is 1. The molecule has 9 heteroatoms. The van der Waals surface area contributed by atoms with Gasteiger partial charge in [-0.25, -0.2) is 14.6 Å². The van der Waals surface area contributed by atoms with Crippen LogP contribution in [0.1, 0.15) is 58.9 Å². The molecule has 0 spiro atoms. The molecule has 3 aliphatic heterocycles. The summed E-state index contributed by atoms with van der Waals surface area (Å²) < 4.78 is 5.56. The third kappa shape index (κ3) is 6.84. The topological polar surface area (TPSA) is 98.2 Å². The minimum Gasteiger partial charge on any atom is -0.478 e. The van der Waals surface area contributed by atoms with Crippen LogP contribution in [0.5, 0.6) is 0 Å². The summed E-state index contributed by atoms with van der Waals surface area (Å²) in [6.07, 6.45) is 3.98. The summed E-state index contributed by atoms with van der Waals surface area (Å²) in [6.45, 7) is 7.91. The first-order chi connectivity index (χ1) is 20.9. The Morgan fingerprint density at radius 2 is 1.70 bits per heavy atom. The number of aryl methyl sites for hydroxylation is 1. The first-order valence-electron chi connectivity index (χ1n) is 15.4. The zero-order chi connectivity index (χ0) is 29.8. The van der Waals surface area contributed by atoms with Gasteiger partial charge >= 0.3 is 12.0 Å². The largest absolute Gasteiger partial charge is 0.478 e. The predicted molar refractivity (Wildman–Crippen MR) is 165 cm³/mol. The van der Waals surface area contributed by atoms with Gasteiger partial charge in [-0.2, -0.15) is 0 Å². The number of urea groups is 1. The van der Waals surface area contributed by atoms with Crippen molar-refractivity contribution < 1.29 is 19.4 Å². The van der Waals surface area contributed by atoms with Gasteiger partial charge in [0.2, 0.25) is 0 Å². The quantitative estimate of drug-likeness (QED) is 0.333. The number of anilines is 2. The molecule has 3 saturated heterocycles. The van der Waals surface area contributed by atoms with E-state index in [0.717, 1.165) is 88.8 Å². The third-order valence-electron chi connectivity index (χ3n) is 9.17. The molecule has 0 aliphatic carbocycles. The Hall–Kier alpha value is -3.95. The van der Waals surface area contributed by atoms with Crippen molar-refractivity contribution in [3.05, 3.63) is 89.1 Å². The fourth-order valence-electron chi connectivity index (χ4n) is 6.68. The lowest BCUT2D eigenvalue weighted by molar-refractivity contribution is 0.0574. The number of carbonyl (C=O) groups excluding carboxylic acids is 1. The van der Waals surface area contributed by atoms with Crippen molar-refractivity contribution in [1.82, 2.24) is 19.7 Å². The summed E-state index contributed by atoms with van der Waals surface area (Å²) >= 11 is 0. The van der Waals surface area contributed by atoms with E-state index in [2.05, 4.69) is 50.3 Å². The molecule has 4 heterocycles. The smallest absolute Gasteiger partial charge is 0.335 e. The molecule has 2 aromatic carbocycles. The highest BCUT2D eigenvalue weighted by Crippen LogP contribution is 2.36. The number of carboxylic acids is 1. The monoisotopic (exact) mass is 583 g/mol. The van der Waals surface area contributed by atoms with Crippen molar-refractivity contribution in [2.45, 2.75) is 51.2 Å². The molecule has 1 aromatic heterocycles. The number of likely N-dealkylation sites (tertiary alicyclic amines) is 1. The van der Waals surface area contributed by atoms with Gasteiger partial charge in [-0.1, -0.05) is 36.4 Å². The lowest BCUT2D eigenvalue weighted by Crippen LogP contribution is -2.47. The number of rotatable bonds is 9. The highest BCUT2D eigenvalue weighted by molar-refractivity contribution is 5.88. The zero-order valence-electron chi connectivity index (χ0n) is 24.8. The average molecular weight is 584 g/mol. The van der Waals surface area contributed by atoms with E-state index in [1.807, 2.05) is 19.1 Å². The highest BCUT2D eigenvalue weighted by Gasteiger charge is 2.43. The molecule has 226 valence electrons. The summed E-state index contributed by atoms with van der Waals surface area (Å²) in [5.41, 5.74) is 4.43. The summed E-state index contributed by atoms with van der Waals surface area (Å²) in [7, 11) is 0. The van der Waals surface area contributed by atoms with Crippen molar-refractivity contribution in [1.29, 1.82) is 0 Å². The van der Waals surface area contributed by atoms with E-state index < -0.39 is 5.97 Å². The number of hydrogen-bond acceptors (Lipinski definition) is 6. The summed E-state index contributed by atoms with van der Waals surface area (Å²) in [4.78, 5) is 36.5. The van der Waals surface area contributed by atoms with E-state index >= 15 is 0 Å². The molecule has 3 aliphatic rings. The van der Waals surface area contributed by atoms with Crippen molar-refractivity contribution in [3.8, 4) is 0 Å². The van der Waals surface area contributed by atoms with E-state index in [0.29, 0.717) is 5.92 Å². The molecule has 0 radical (unpaired) electrons. The number of amides is 2. The van der Waals surface area contributed by atoms with E-state index in [-0.39, 0.29) is 23.7 Å². The van der Waals surface area contributed by atoms with Crippen LogP contribution >= 0.6 is 0 Å². The third-order valence-corrected chi connectivity index (χ3v) is 9.17. The van der Waals surface area contributed by atoms with Crippen molar-refractivity contribution >= 4 is 23.5 Å². The lowest BCUT2D eigenvalue weighted by Gasteiger charge is -2.39. The summed E-state index contributed by atoms with van der Waals surface area (Å²) in [6, 6.07) is 21.8. The standard InChI is InChI=1S/C34H41N5O4/c1-24-28(9-12-32(35-24)36-29-10-7-27(8-11-29)33(40)41)22-37-17-13-30(14-18-37)39-31(26-5-3-2-4-6-26)23-38(34(39)42)21-25-15-19-43-20-16-25/h2-12,25,30-31H,13-23H2,1H3,(H,35,36)(H,40,41)/t31-/m0/s1. The first kappa shape index (κ1) is 29.1. The summed E-state index contributed by atoms with van der Waals surface area (Å²) in [5, 5.41) is 12.4. The van der Waals surface area contributed by atoms with Gasteiger partial charge in [0.05, 0.1) is 11.6 Å². The molecule has 3 aromatic rings. The van der Waals surface area contributed by atoms with Crippen LogP contribution in [0.3, 0.4) is 0 Å². The fourth-order valence-corrected chi connectivity index (χ4v) is 6.68. The molecule has 2 N–H and O–H groups in total. The second-order valence-electron chi connectivity index (χ2n) is 12.0. The Labute approximate surface area is 253 Å². The number of carbonyl (C=O) groups is 2. The van der Waals surface area contributed by atoms with Gasteiger partial charge in [-0.3, -0.25) is 4.90 Å². The van der Waals surface area contributed by atoms with Gasteiger partial charge < -0.3 is 25.0 Å². The van der Waals surface area contributed by atoms with Crippen LogP contribution < -0.4 is 5.32 Å². The number of aromatic carboxylic acids is 1. The first-order valence-corrected chi connectivity index (χ1v) is 15.4. The molecule has 0 saturated carbocycles. The molecular weight excluding hydrogens is 542 g/mol. The summed E-state index contributed by atoms with van der Waals surface area (Å²) in [5.74, 6) is 0.309. The second-order valence-corrected chi connectivity index (χ2v) is 12.0. The van der Waals surface area contributed by atoms with Crippen LogP contribution in [0, 0.1) is 12.8 Å². The van der Waals surface area contributed by atoms with Gasteiger partial charge in [-0.15, -0.1) is 0 Å². The Balaban J connectivity index is 1.07. The van der Waals surface area contributed by atoms with Gasteiger partial charge in [0.1, 0.15) is 5.82 Å². The zero-order valence-corrected chi connectivity index (χ0v) is 24.8. The van der Waals surface area contributed by atoms with Crippen LogP contribution in [0.15, 0.2) is 66.7 Å². The van der Waals surface area contributed by atoms with E-state index in [4.69, 9.17) is 14.8 Å². The van der Waals surface area contributed by atoms with E-state index in [1.54, 1.807) is 24.3 Å². The second kappa shape index (κ2) is 13.1. The van der Waals surface area contributed by atoms with Crippen LogP contribution in [-0.4, -0.2) is 82.2 Å². The number of nitrogens with one attached hydrogen (secondary N) is 1. The van der Waals surface area contributed by atoms with Crippen LogP contribution in [0.25, 0.3) is 0 Å². The molecule has 6 rings (SSSR count). The predicted octanol–water partition coefficient (Wildman–Crippen LogP) is 5.70. The number of ether oxygens (including phenoxy) is 1. The SMILES string of the molecule is Cc1nc(Nc2ccc(C(=O)O)cc2)ccc1CN1CCC(N2C(=O)N(CC3CCOCC3)C[C@H]2c2ccccc2)CC1. The maximum Gasteiger partial charge on any atom is 0.335 e. The number of carboxylic acid groups (broad SMARTS) is 1. The number of aromatic nitrogens is 1. The lowest BCUT2D eigenvalue weighted by atomic mass is 9.98. The Bertz CT molecular complexity index is 1400. The van der Waals surface area contributed by atoms with E-state index in [1.165, 1.54) is 11.1 Å². The van der Waals surface area contributed by atoms with Crippen molar-refractivity contribution in [3.63, 3.8) is 0 Å². The molecular formula is C34H41N5O4. The molecule has 2 amide bonds. The molecule has 3 fully saturated rings. The Kier molecular flexibility index (Phi) is 8.90. The van der Waals surface area contributed by atoms with Crippen LogP contribution in [0.2, 0.25) is 0 Å². The normalized spacial score (nSPS) is 20.5. The van der Waals surface area contributed by atoms with Crippen LogP contribution in [0.4, 0.5) is 16.3 Å². The highest BCUT2D eigenvalue weighted by atomic mass is 16.5. The number of hydrogen-bond donors (Lipinski definition) is 2. The fraction of sp³-hybridized carbons (Fsp3) is 0.441. The molecule has 9 nitrogen and oxygen atoms in total. The Morgan fingerprint density at radius 3 is 2.37 bits per heavy atom. The molecule has 0 bridgehead atoms.